The molecule has 0 amide bonds. The highest BCUT2D eigenvalue weighted by Crippen LogP contribution is 2.25. The molecule has 0 aromatic carbocycles. The van der Waals surface area contributed by atoms with Gasteiger partial charge in [-0.15, -0.1) is 0 Å². The second-order valence-corrected chi connectivity index (χ2v) is 8.99. The third-order valence-electron chi connectivity index (χ3n) is 5.77. The molecular formula is C24H48O2. The van der Waals surface area contributed by atoms with Gasteiger partial charge in [0.05, 0.1) is 12.7 Å². The Morgan fingerprint density at radius 1 is 0.846 bits per heavy atom. The third-order valence-corrected chi connectivity index (χ3v) is 5.77. The van der Waals surface area contributed by atoms with Gasteiger partial charge in [0, 0.05) is 13.2 Å². The molecule has 0 aliphatic carbocycles. The van der Waals surface area contributed by atoms with Gasteiger partial charge in [-0.1, -0.05) is 97.8 Å². The van der Waals surface area contributed by atoms with Crippen molar-refractivity contribution in [3.8, 4) is 0 Å². The molecule has 0 bridgehead atoms. The van der Waals surface area contributed by atoms with E-state index in [9.17, 15) is 0 Å². The summed E-state index contributed by atoms with van der Waals surface area (Å²) >= 11 is 0. The van der Waals surface area contributed by atoms with E-state index >= 15 is 0 Å². The van der Waals surface area contributed by atoms with Gasteiger partial charge in [0.1, 0.15) is 0 Å². The Morgan fingerprint density at radius 3 is 2.00 bits per heavy atom. The van der Waals surface area contributed by atoms with E-state index in [1.165, 1.54) is 89.9 Å². The van der Waals surface area contributed by atoms with Gasteiger partial charge in [0.2, 0.25) is 0 Å². The van der Waals surface area contributed by atoms with Crippen LogP contribution in [-0.4, -0.2) is 25.9 Å². The van der Waals surface area contributed by atoms with E-state index in [0.717, 1.165) is 38.1 Å². The summed E-state index contributed by atoms with van der Waals surface area (Å²) in [6.45, 7) is 9.46. The molecule has 0 spiro atoms. The Morgan fingerprint density at radius 2 is 1.42 bits per heavy atom. The van der Waals surface area contributed by atoms with Gasteiger partial charge in [-0.25, -0.2) is 0 Å². The molecular weight excluding hydrogens is 320 g/mol. The minimum absolute atomic E-state index is 0.365. The van der Waals surface area contributed by atoms with Crippen molar-refractivity contribution in [3.05, 3.63) is 0 Å². The van der Waals surface area contributed by atoms with Crippen LogP contribution in [-0.2, 0) is 9.47 Å². The Balaban J connectivity index is 1.80. The molecule has 1 fully saturated rings. The molecule has 1 aliphatic heterocycles. The Hall–Kier alpha value is -0.0800. The van der Waals surface area contributed by atoms with Crippen LogP contribution < -0.4 is 0 Å². The maximum Gasteiger partial charge on any atom is 0.0812 e. The van der Waals surface area contributed by atoms with Crippen LogP contribution in [0, 0.1) is 11.8 Å². The molecule has 0 aromatic rings. The molecule has 156 valence electrons. The molecule has 0 saturated carbocycles. The minimum Gasteiger partial charge on any atom is -0.379 e. The number of hydrogen-bond donors (Lipinski definition) is 0. The molecule has 1 rings (SSSR count). The molecule has 1 aliphatic rings. The lowest BCUT2D eigenvalue weighted by atomic mass is 9.97. The normalized spacial score (nSPS) is 20.3. The predicted molar refractivity (Wildman–Crippen MR) is 114 cm³/mol. The highest BCUT2D eigenvalue weighted by Gasteiger charge is 2.24. The van der Waals surface area contributed by atoms with Gasteiger partial charge in [0.25, 0.3) is 0 Å². The summed E-state index contributed by atoms with van der Waals surface area (Å²) in [6.07, 6.45) is 21.3. The van der Waals surface area contributed by atoms with Crippen molar-refractivity contribution in [2.75, 3.05) is 19.8 Å². The van der Waals surface area contributed by atoms with Crippen molar-refractivity contribution in [2.24, 2.45) is 11.8 Å². The number of ether oxygens (including phenoxy) is 2. The molecule has 0 aromatic heterocycles. The van der Waals surface area contributed by atoms with Crippen LogP contribution in [0.5, 0.6) is 0 Å². The first-order chi connectivity index (χ1) is 12.7. The predicted octanol–water partition coefficient (Wildman–Crippen LogP) is 7.55. The first kappa shape index (κ1) is 24.0. The van der Waals surface area contributed by atoms with Crippen molar-refractivity contribution in [1.82, 2.24) is 0 Å². The highest BCUT2D eigenvalue weighted by molar-refractivity contribution is 4.73. The lowest BCUT2D eigenvalue weighted by molar-refractivity contribution is 0.0135. The van der Waals surface area contributed by atoms with Crippen molar-refractivity contribution in [1.29, 1.82) is 0 Å². The van der Waals surface area contributed by atoms with Crippen LogP contribution in [0.2, 0.25) is 0 Å². The van der Waals surface area contributed by atoms with Crippen LogP contribution in [0.15, 0.2) is 0 Å². The molecule has 0 radical (unpaired) electrons. The first-order valence-corrected chi connectivity index (χ1v) is 11.9. The summed E-state index contributed by atoms with van der Waals surface area (Å²) in [7, 11) is 0. The first-order valence-electron chi connectivity index (χ1n) is 11.9. The zero-order valence-corrected chi connectivity index (χ0v) is 18.3. The molecule has 1 heterocycles. The van der Waals surface area contributed by atoms with Crippen molar-refractivity contribution in [2.45, 2.75) is 123 Å². The zero-order valence-electron chi connectivity index (χ0n) is 18.3. The average Bonchev–Trinajstić information content (AvgIpc) is 3.07. The maximum absolute atomic E-state index is 5.91. The Labute approximate surface area is 164 Å². The van der Waals surface area contributed by atoms with E-state index in [1.807, 2.05) is 0 Å². The maximum atomic E-state index is 5.91. The van der Waals surface area contributed by atoms with E-state index in [2.05, 4.69) is 20.8 Å². The summed E-state index contributed by atoms with van der Waals surface area (Å²) < 4.78 is 11.7. The number of hydrogen-bond acceptors (Lipinski definition) is 2. The van der Waals surface area contributed by atoms with Crippen molar-refractivity contribution < 1.29 is 9.47 Å². The fourth-order valence-corrected chi connectivity index (χ4v) is 3.91. The van der Waals surface area contributed by atoms with Crippen molar-refractivity contribution in [3.63, 3.8) is 0 Å². The second-order valence-electron chi connectivity index (χ2n) is 8.99. The molecule has 26 heavy (non-hydrogen) atoms. The third kappa shape index (κ3) is 14.0. The van der Waals surface area contributed by atoms with Crippen LogP contribution in [0.1, 0.15) is 117 Å². The van der Waals surface area contributed by atoms with E-state index in [-0.39, 0.29) is 0 Å². The van der Waals surface area contributed by atoms with E-state index in [4.69, 9.17) is 9.47 Å². The van der Waals surface area contributed by atoms with Crippen LogP contribution in [0.4, 0.5) is 0 Å². The molecule has 0 N–H and O–H groups in total. The smallest absolute Gasteiger partial charge is 0.0812 e. The lowest BCUT2D eigenvalue weighted by Crippen LogP contribution is -2.15. The number of rotatable bonds is 18. The molecule has 2 atom stereocenters. The molecule has 1 saturated heterocycles. The topological polar surface area (TPSA) is 18.5 Å². The SMILES string of the molecule is CCCCCCCCCCCCCCC1COC(COCCC(C)C)C1. The van der Waals surface area contributed by atoms with Crippen molar-refractivity contribution >= 4 is 0 Å². The summed E-state index contributed by atoms with van der Waals surface area (Å²) in [5, 5.41) is 0. The van der Waals surface area contributed by atoms with Gasteiger partial charge in [-0.05, 0) is 31.1 Å². The highest BCUT2D eigenvalue weighted by atomic mass is 16.5. The summed E-state index contributed by atoms with van der Waals surface area (Å²) in [5.41, 5.74) is 0. The Kier molecular flexibility index (Phi) is 15.7. The summed E-state index contributed by atoms with van der Waals surface area (Å²) in [6, 6.07) is 0. The van der Waals surface area contributed by atoms with Crippen LogP contribution >= 0.6 is 0 Å². The van der Waals surface area contributed by atoms with Gasteiger partial charge >= 0.3 is 0 Å². The average molecular weight is 369 g/mol. The molecule has 2 unspecified atom stereocenters. The van der Waals surface area contributed by atoms with E-state index < -0.39 is 0 Å². The van der Waals surface area contributed by atoms with Gasteiger partial charge in [-0.3, -0.25) is 0 Å². The van der Waals surface area contributed by atoms with E-state index in [1.54, 1.807) is 0 Å². The second kappa shape index (κ2) is 17.0. The standard InChI is InChI=1S/C24H48O2/c1-4-5-6-7-8-9-10-11-12-13-14-15-16-23-19-24(26-20-23)21-25-18-17-22(2)3/h22-24H,4-21H2,1-3H3. The summed E-state index contributed by atoms with van der Waals surface area (Å²) in [4.78, 5) is 0. The number of unbranched alkanes of at least 4 members (excludes halogenated alkanes) is 11. The monoisotopic (exact) mass is 368 g/mol. The quantitative estimate of drug-likeness (QED) is 0.233. The van der Waals surface area contributed by atoms with Crippen LogP contribution in [0.3, 0.4) is 0 Å². The van der Waals surface area contributed by atoms with Crippen LogP contribution in [0.25, 0.3) is 0 Å². The zero-order chi connectivity index (χ0) is 18.9. The molecule has 2 nitrogen and oxygen atoms in total. The Bertz CT molecular complexity index is 290. The fraction of sp³-hybridized carbons (Fsp3) is 1.00. The van der Waals surface area contributed by atoms with Gasteiger partial charge in [-0.2, -0.15) is 0 Å². The largest absolute Gasteiger partial charge is 0.379 e. The lowest BCUT2D eigenvalue weighted by Gasteiger charge is -2.11. The van der Waals surface area contributed by atoms with Gasteiger partial charge in [0.15, 0.2) is 0 Å². The molecule has 2 heteroatoms. The summed E-state index contributed by atoms with van der Waals surface area (Å²) in [5.74, 6) is 1.52. The van der Waals surface area contributed by atoms with E-state index in [0.29, 0.717) is 6.10 Å². The van der Waals surface area contributed by atoms with Gasteiger partial charge < -0.3 is 9.47 Å². The minimum atomic E-state index is 0.365. The fourth-order valence-electron chi connectivity index (χ4n) is 3.91.